The second-order valence-corrected chi connectivity index (χ2v) is 6.49. The minimum Gasteiger partial charge on any atom is -0.457 e. The topological polar surface area (TPSA) is 48.1 Å². The fourth-order valence-corrected chi connectivity index (χ4v) is 3.27. The van der Waals surface area contributed by atoms with Crippen molar-refractivity contribution in [3.8, 4) is 22.8 Å². The molecule has 0 amide bonds. The van der Waals surface area contributed by atoms with Gasteiger partial charge in [-0.25, -0.2) is 4.98 Å². The molecule has 23 heavy (non-hydrogen) atoms. The van der Waals surface area contributed by atoms with Gasteiger partial charge in [0.1, 0.15) is 11.5 Å². The lowest BCUT2D eigenvalue weighted by Crippen LogP contribution is -1.93. The molecule has 118 valence electrons. The van der Waals surface area contributed by atoms with E-state index in [-0.39, 0.29) is 0 Å². The maximum atomic E-state index is 5.99. The van der Waals surface area contributed by atoms with Crippen LogP contribution in [0.4, 0.5) is 5.13 Å². The molecule has 1 aromatic heterocycles. The van der Waals surface area contributed by atoms with Crippen LogP contribution in [0.3, 0.4) is 0 Å². The lowest BCUT2D eigenvalue weighted by Gasteiger charge is -2.12. The highest BCUT2D eigenvalue weighted by atomic mass is 32.1. The summed E-state index contributed by atoms with van der Waals surface area (Å²) in [7, 11) is 0. The maximum absolute atomic E-state index is 5.99. The molecular weight excluding hydrogens is 304 g/mol. The maximum Gasteiger partial charge on any atom is 0.180 e. The molecule has 0 aliphatic heterocycles. The Balaban J connectivity index is 1.89. The molecule has 1 heterocycles. The molecule has 2 aromatic carbocycles. The van der Waals surface area contributed by atoms with Crippen LogP contribution in [-0.2, 0) is 6.42 Å². The molecule has 3 nitrogen and oxygen atoms in total. The van der Waals surface area contributed by atoms with Gasteiger partial charge in [-0.2, -0.15) is 0 Å². The van der Waals surface area contributed by atoms with Gasteiger partial charge in [-0.15, -0.1) is 11.3 Å². The SMILES string of the molecule is CCc1ccc(Oc2cc(C)c(-c3csc(N)n3)c(C)c2)cc1. The van der Waals surface area contributed by atoms with Crippen LogP contribution < -0.4 is 10.5 Å². The molecular formula is C19H20N2OS. The summed E-state index contributed by atoms with van der Waals surface area (Å²) in [6.07, 6.45) is 1.03. The van der Waals surface area contributed by atoms with Crippen molar-refractivity contribution in [1.29, 1.82) is 0 Å². The molecule has 3 aromatic rings. The summed E-state index contributed by atoms with van der Waals surface area (Å²) in [5.41, 5.74) is 11.4. The Hall–Kier alpha value is -2.33. The number of thiazole rings is 1. The van der Waals surface area contributed by atoms with Crippen LogP contribution >= 0.6 is 11.3 Å². The number of hydrogen-bond donors (Lipinski definition) is 1. The van der Waals surface area contributed by atoms with Crippen LogP contribution in [0.5, 0.6) is 11.5 Å². The Labute approximate surface area is 140 Å². The van der Waals surface area contributed by atoms with Crippen LogP contribution in [0.25, 0.3) is 11.3 Å². The quantitative estimate of drug-likeness (QED) is 0.702. The van der Waals surface area contributed by atoms with Gasteiger partial charge < -0.3 is 10.5 Å². The predicted molar refractivity (Wildman–Crippen MR) is 97.3 cm³/mol. The van der Waals surface area contributed by atoms with Crippen molar-refractivity contribution in [1.82, 2.24) is 4.98 Å². The Morgan fingerprint density at radius 2 is 1.70 bits per heavy atom. The van der Waals surface area contributed by atoms with Crippen LogP contribution in [0.15, 0.2) is 41.8 Å². The number of nitrogens with zero attached hydrogens (tertiary/aromatic N) is 1. The third kappa shape index (κ3) is 3.37. The van der Waals surface area contributed by atoms with Gasteiger partial charge >= 0.3 is 0 Å². The minimum atomic E-state index is 0.593. The molecule has 0 atom stereocenters. The molecule has 0 spiro atoms. The Bertz CT molecular complexity index is 799. The van der Waals surface area contributed by atoms with Gasteiger partial charge in [0.15, 0.2) is 5.13 Å². The predicted octanol–water partition coefficient (Wildman–Crippen LogP) is 5.36. The highest BCUT2D eigenvalue weighted by Crippen LogP contribution is 2.33. The lowest BCUT2D eigenvalue weighted by atomic mass is 10.0. The van der Waals surface area contributed by atoms with E-state index < -0.39 is 0 Å². The van der Waals surface area contributed by atoms with Gasteiger partial charge in [0, 0.05) is 10.9 Å². The van der Waals surface area contributed by atoms with Crippen molar-refractivity contribution >= 4 is 16.5 Å². The number of aryl methyl sites for hydroxylation is 3. The smallest absolute Gasteiger partial charge is 0.180 e. The average Bonchev–Trinajstić information content (AvgIpc) is 2.93. The third-order valence-electron chi connectivity index (χ3n) is 3.85. The first-order valence-corrected chi connectivity index (χ1v) is 8.54. The normalized spacial score (nSPS) is 10.7. The molecule has 0 aliphatic rings. The van der Waals surface area contributed by atoms with Crippen molar-refractivity contribution in [2.75, 3.05) is 5.73 Å². The first kappa shape index (κ1) is 15.6. The van der Waals surface area contributed by atoms with Crippen LogP contribution in [0.1, 0.15) is 23.6 Å². The Morgan fingerprint density at radius 3 is 2.22 bits per heavy atom. The fourth-order valence-electron chi connectivity index (χ4n) is 2.72. The molecule has 0 fully saturated rings. The standard InChI is InChI=1S/C19H20N2OS/c1-4-14-5-7-15(8-6-14)22-16-9-12(2)18(13(3)10-16)17-11-23-19(20)21-17/h5-11H,4H2,1-3H3,(H2,20,21). The molecule has 0 unspecified atom stereocenters. The third-order valence-corrected chi connectivity index (χ3v) is 4.53. The van der Waals surface area contributed by atoms with Gasteiger partial charge in [-0.1, -0.05) is 19.1 Å². The second-order valence-electron chi connectivity index (χ2n) is 5.60. The van der Waals surface area contributed by atoms with E-state index in [2.05, 4.69) is 37.9 Å². The molecule has 4 heteroatoms. The van der Waals surface area contributed by atoms with Gasteiger partial charge in [-0.05, 0) is 61.2 Å². The molecule has 3 rings (SSSR count). The molecule has 0 bridgehead atoms. The first-order valence-electron chi connectivity index (χ1n) is 7.66. The number of ether oxygens (including phenoxy) is 1. The Morgan fingerprint density at radius 1 is 1.04 bits per heavy atom. The van der Waals surface area contributed by atoms with Crippen molar-refractivity contribution < 1.29 is 4.74 Å². The van der Waals surface area contributed by atoms with E-state index >= 15 is 0 Å². The van der Waals surface area contributed by atoms with E-state index in [0.717, 1.165) is 40.3 Å². The summed E-state index contributed by atoms with van der Waals surface area (Å²) >= 11 is 1.46. The van der Waals surface area contributed by atoms with Gasteiger partial charge in [0.25, 0.3) is 0 Å². The number of anilines is 1. The van der Waals surface area contributed by atoms with E-state index in [1.165, 1.54) is 16.9 Å². The number of rotatable bonds is 4. The number of benzene rings is 2. The molecule has 0 radical (unpaired) electrons. The van der Waals surface area contributed by atoms with E-state index in [0.29, 0.717) is 5.13 Å². The fraction of sp³-hybridized carbons (Fsp3) is 0.211. The molecule has 0 saturated carbocycles. The van der Waals surface area contributed by atoms with Gasteiger partial charge in [0.2, 0.25) is 0 Å². The lowest BCUT2D eigenvalue weighted by molar-refractivity contribution is 0.482. The van der Waals surface area contributed by atoms with Crippen molar-refractivity contribution in [2.45, 2.75) is 27.2 Å². The van der Waals surface area contributed by atoms with E-state index in [9.17, 15) is 0 Å². The zero-order chi connectivity index (χ0) is 16.4. The summed E-state index contributed by atoms with van der Waals surface area (Å²) in [5, 5.41) is 2.59. The van der Waals surface area contributed by atoms with Crippen molar-refractivity contribution in [3.63, 3.8) is 0 Å². The average molecular weight is 324 g/mol. The highest BCUT2D eigenvalue weighted by molar-refractivity contribution is 7.13. The van der Waals surface area contributed by atoms with E-state index in [1.807, 2.05) is 29.6 Å². The number of hydrogen-bond acceptors (Lipinski definition) is 4. The monoisotopic (exact) mass is 324 g/mol. The second kappa shape index (κ2) is 6.42. The molecule has 0 aliphatic carbocycles. The largest absolute Gasteiger partial charge is 0.457 e. The summed E-state index contributed by atoms with van der Waals surface area (Å²) in [4.78, 5) is 4.39. The summed E-state index contributed by atoms with van der Waals surface area (Å²) < 4.78 is 5.99. The number of aromatic nitrogens is 1. The highest BCUT2D eigenvalue weighted by Gasteiger charge is 2.11. The van der Waals surface area contributed by atoms with E-state index in [4.69, 9.17) is 10.5 Å². The van der Waals surface area contributed by atoms with Crippen LogP contribution in [0.2, 0.25) is 0 Å². The van der Waals surface area contributed by atoms with Crippen LogP contribution in [-0.4, -0.2) is 4.98 Å². The molecule has 2 N–H and O–H groups in total. The van der Waals surface area contributed by atoms with Gasteiger partial charge in [0.05, 0.1) is 5.69 Å². The number of nitrogen functional groups attached to an aromatic ring is 1. The van der Waals surface area contributed by atoms with Crippen LogP contribution in [0, 0.1) is 13.8 Å². The number of nitrogens with two attached hydrogens (primary N) is 1. The van der Waals surface area contributed by atoms with Crippen molar-refractivity contribution in [3.05, 3.63) is 58.5 Å². The van der Waals surface area contributed by atoms with E-state index in [1.54, 1.807) is 0 Å². The summed E-state index contributed by atoms with van der Waals surface area (Å²) in [6.45, 7) is 6.29. The summed E-state index contributed by atoms with van der Waals surface area (Å²) in [6, 6.07) is 12.3. The van der Waals surface area contributed by atoms with Crippen molar-refractivity contribution in [2.24, 2.45) is 0 Å². The summed E-state index contributed by atoms with van der Waals surface area (Å²) in [5.74, 6) is 1.70. The zero-order valence-electron chi connectivity index (χ0n) is 13.6. The first-order chi connectivity index (χ1) is 11.1. The zero-order valence-corrected chi connectivity index (χ0v) is 14.4. The van der Waals surface area contributed by atoms with Gasteiger partial charge in [-0.3, -0.25) is 0 Å². The molecule has 0 saturated heterocycles. The Kier molecular flexibility index (Phi) is 4.35. The minimum absolute atomic E-state index is 0.593.